The van der Waals surface area contributed by atoms with Crippen LogP contribution in [0, 0.1) is 12.8 Å². The van der Waals surface area contributed by atoms with E-state index in [1.165, 1.54) is 6.07 Å². The summed E-state index contributed by atoms with van der Waals surface area (Å²) in [7, 11) is 0. The smallest absolute Gasteiger partial charge is 0.336 e. The van der Waals surface area contributed by atoms with Crippen LogP contribution in [0.4, 0.5) is 5.82 Å². The van der Waals surface area contributed by atoms with Crippen LogP contribution < -0.4 is 10.9 Å². The number of hydrogen-bond donors (Lipinski definition) is 1. The summed E-state index contributed by atoms with van der Waals surface area (Å²) in [6.45, 7) is 7.00. The Morgan fingerprint density at radius 2 is 2.11 bits per heavy atom. The minimum Gasteiger partial charge on any atom is -0.423 e. The minimum absolute atomic E-state index is 0.0235. The number of anilines is 1. The molecule has 1 atom stereocenters. The quantitative estimate of drug-likeness (QED) is 0.713. The second-order valence-corrected chi connectivity index (χ2v) is 7.66. The van der Waals surface area contributed by atoms with Gasteiger partial charge in [0.05, 0.1) is 6.20 Å². The summed E-state index contributed by atoms with van der Waals surface area (Å²) in [4.78, 5) is 24.1. The second kappa shape index (κ2) is 6.68. The largest absolute Gasteiger partial charge is 0.423 e. The number of amides is 1. The van der Waals surface area contributed by atoms with E-state index in [0.29, 0.717) is 17.9 Å². The van der Waals surface area contributed by atoms with Gasteiger partial charge in [-0.25, -0.2) is 9.48 Å². The summed E-state index contributed by atoms with van der Waals surface area (Å²) in [6.07, 6.45) is 3.19. The lowest BCUT2D eigenvalue weighted by Crippen LogP contribution is -2.25. The van der Waals surface area contributed by atoms with Crippen molar-refractivity contribution in [2.24, 2.45) is 5.92 Å². The molecule has 1 aliphatic rings. The maximum absolute atomic E-state index is 12.3. The highest BCUT2D eigenvalue weighted by Gasteiger charge is 2.30. The fourth-order valence-corrected chi connectivity index (χ4v) is 3.68. The van der Waals surface area contributed by atoms with Gasteiger partial charge in [-0.1, -0.05) is 26.0 Å². The first-order valence-corrected chi connectivity index (χ1v) is 9.32. The van der Waals surface area contributed by atoms with Crippen LogP contribution >= 0.6 is 0 Å². The van der Waals surface area contributed by atoms with Crippen LogP contribution in [0.5, 0.6) is 0 Å². The van der Waals surface area contributed by atoms with Crippen molar-refractivity contribution in [2.45, 2.75) is 46.1 Å². The van der Waals surface area contributed by atoms with Crippen molar-refractivity contribution in [2.75, 3.05) is 5.32 Å². The average Bonchev–Trinajstić information content (AvgIpc) is 3.01. The van der Waals surface area contributed by atoms with Gasteiger partial charge in [0.25, 0.3) is 0 Å². The molecule has 0 aliphatic carbocycles. The zero-order valence-corrected chi connectivity index (χ0v) is 15.8. The Balaban J connectivity index is 1.76. The van der Waals surface area contributed by atoms with Gasteiger partial charge in [0, 0.05) is 35.9 Å². The summed E-state index contributed by atoms with van der Waals surface area (Å²) >= 11 is 0. The maximum atomic E-state index is 12.3. The van der Waals surface area contributed by atoms with Crippen molar-refractivity contribution in [3.05, 3.63) is 57.6 Å². The van der Waals surface area contributed by atoms with Gasteiger partial charge in [-0.15, -0.1) is 0 Å². The van der Waals surface area contributed by atoms with Gasteiger partial charge < -0.3 is 9.73 Å². The SMILES string of the molecule is Cc1cc(=O)oc2cc([C@H]3CC(=O)Nc4c3cnn4CCC(C)C)ccc12. The molecule has 0 unspecified atom stereocenters. The van der Waals surface area contributed by atoms with E-state index in [0.717, 1.165) is 40.9 Å². The van der Waals surface area contributed by atoms with E-state index in [1.807, 2.05) is 36.0 Å². The minimum atomic E-state index is -0.360. The number of nitrogens with one attached hydrogen (secondary N) is 1. The molecule has 0 fully saturated rings. The lowest BCUT2D eigenvalue weighted by atomic mass is 9.87. The molecule has 6 heteroatoms. The van der Waals surface area contributed by atoms with E-state index in [9.17, 15) is 9.59 Å². The Morgan fingerprint density at radius 3 is 2.89 bits per heavy atom. The molecule has 27 heavy (non-hydrogen) atoms. The van der Waals surface area contributed by atoms with Gasteiger partial charge >= 0.3 is 5.63 Å². The summed E-state index contributed by atoms with van der Waals surface area (Å²) in [5.41, 5.74) is 3.04. The van der Waals surface area contributed by atoms with Gasteiger partial charge in [0.15, 0.2) is 0 Å². The third kappa shape index (κ3) is 3.27. The van der Waals surface area contributed by atoms with Crippen LogP contribution in [0.2, 0.25) is 0 Å². The molecule has 2 aromatic heterocycles. The lowest BCUT2D eigenvalue weighted by Gasteiger charge is -2.24. The monoisotopic (exact) mass is 365 g/mol. The van der Waals surface area contributed by atoms with Crippen molar-refractivity contribution >= 4 is 22.7 Å². The van der Waals surface area contributed by atoms with Crippen LogP contribution in [0.1, 0.15) is 49.3 Å². The van der Waals surface area contributed by atoms with E-state index < -0.39 is 0 Å². The van der Waals surface area contributed by atoms with Gasteiger partial charge in [-0.05, 0) is 36.5 Å². The predicted octanol–water partition coefficient (Wildman–Crippen LogP) is 3.82. The summed E-state index contributed by atoms with van der Waals surface area (Å²) in [6, 6.07) is 7.33. The van der Waals surface area contributed by atoms with Crippen molar-refractivity contribution in [1.29, 1.82) is 0 Å². The molecule has 3 aromatic rings. The number of rotatable bonds is 4. The highest BCUT2D eigenvalue weighted by molar-refractivity contribution is 5.94. The highest BCUT2D eigenvalue weighted by Crippen LogP contribution is 2.38. The van der Waals surface area contributed by atoms with Crippen LogP contribution in [-0.2, 0) is 11.3 Å². The number of carbonyl (C=O) groups is 1. The number of carbonyl (C=O) groups excluding carboxylic acids is 1. The maximum Gasteiger partial charge on any atom is 0.336 e. The van der Waals surface area contributed by atoms with E-state index in [2.05, 4.69) is 24.3 Å². The highest BCUT2D eigenvalue weighted by atomic mass is 16.4. The number of hydrogen-bond acceptors (Lipinski definition) is 4. The van der Waals surface area contributed by atoms with Gasteiger partial charge in [0.1, 0.15) is 11.4 Å². The average molecular weight is 365 g/mol. The summed E-state index contributed by atoms with van der Waals surface area (Å²) in [5.74, 6) is 1.22. The fraction of sp³-hybridized carbons (Fsp3) is 0.381. The third-order valence-electron chi connectivity index (χ3n) is 5.19. The first-order chi connectivity index (χ1) is 12.9. The van der Waals surface area contributed by atoms with E-state index >= 15 is 0 Å². The summed E-state index contributed by atoms with van der Waals surface area (Å²) < 4.78 is 7.26. The van der Waals surface area contributed by atoms with Crippen molar-refractivity contribution in [1.82, 2.24) is 9.78 Å². The van der Waals surface area contributed by atoms with Crippen molar-refractivity contribution < 1.29 is 9.21 Å². The molecule has 0 saturated heterocycles. The van der Waals surface area contributed by atoms with Crippen LogP contribution in [0.15, 0.2) is 39.7 Å². The van der Waals surface area contributed by atoms with E-state index in [-0.39, 0.29) is 17.5 Å². The number of nitrogens with zero attached hydrogens (tertiary/aromatic N) is 2. The number of aryl methyl sites for hydroxylation is 2. The molecule has 6 nitrogen and oxygen atoms in total. The lowest BCUT2D eigenvalue weighted by molar-refractivity contribution is -0.116. The van der Waals surface area contributed by atoms with Gasteiger partial charge in [-0.2, -0.15) is 5.10 Å². The Hall–Kier alpha value is -2.89. The molecule has 1 aliphatic heterocycles. The van der Waals surface area contributed by atoms with E-state index in [4.69, 9.17) is 4.42 Å². The zero-order valence-electron chi connectivity index (χ0n) is 15.8. The molecule has 0 saturated carbocycles. The van der Waals surface area contributed by atoms with Crippen LogP contribution in [0.25, 0.3) is 11.0 Å². The Bertz CT molecular complexity index is 1080. The summed E-state index contributed by atoms with van der Waals surface area (Å²) in [5, 5.41) is 8.38. The molecular weight excluding hydrogens is 342 g/mol. The topological polar surface area (TPSA) is 77.1 Å². The molecule has 4 rings (SSSR count). The molecular formula is C21H23N3O3. The number of benzene rings is 1. The molecule has 3 heterocycles. The van der Waals surface area contributed by atoms with Crippen molar-refractivity contribution in [3.8, 4) is 0 Å². The second-order valence-electron chi connectivity index (χ2n) is 7.66. The van der Waals surface area contributed by atoms with Crippen LogP contribution in [-0.4, -0.2) is 15.7 Å². The standard InChI is InChI=1S/C21H23N3O3/c1-12(2)6-7-24-21-17(11-22-24)16(10-19(25)23-21)14-4-5-15-13(3)8-20(26)27-18(15)9-14/h4-5,8-9,11-12,16H,6-7,10H2,1-3H3,(H,23,25)/t16-/m1/s1. The van der Waals surface area contributed by atoms with Crippen molar-refractivity contribution in [3.63, 3.8) is 0 Å². The van der Waals surface area contributed by atoms with Gasteiger partial charge in [0.2, 0.25) is 5.91 Å². The molecule has 1 amide bonds. The first kappa shape index (κ1) is 17.5. The zero-order chi connectivity index (χ0) is 19.1. The predicted molar refractivity (Wildman–Crippen MR) is 104 cm³/mol. The number of fused-ring (bicyclic) bond motifs is 2. The Morgan fingerprint density at radius 1 is 1.30 bits per heavy atom. The molecule has 0 bridgehead atoms. The Labute approximate surface area is 157 Å². The fourth-order valence-electron chi connectivity index (χ4n) is 3.68. The molecule has 1 aromatic carbocycles. The number of aromatic nitrogens is 2. The van der Waals surface area contributed by atoms with Crippen LogP contribution in [0.3, 0.4) is 0 Å². The normalized spacial score (nSPS) is 16.6. The third-order valence-corrected chi connectivity index (χ3v) is 5.19. The molecule has 1 N–H and O–H groups in total. The Kier molecular flexibility index (Phi) is 4.34. The first-order valence-electron chi connectivity index (χ1n) is 9.32. The van der Waals surface area contributed by atoms with Gasteiger partial charge in [-0.3, -0.25) is 4.79 Å². The molecule has 0 radical (unpaired) electrons. The molecule has 140 valence electrons. The van der Waals surface area contributed by atoms with E-state index in [1.54, 1.807) is 0 Å². The molecule has 0 spiro atoms.